The van der Waals surface area contributed by atoms with Gasteiger partial charge in [-0.25, -0.2) is 0 Å². The average molecular weight is 270 g/mol. The predicted molar refractivity (Wildman–Crippen MR) is 79.4 cm³/mol. The van der Waals surface area contributed by atoms with Crippen molar-refractivity contribution in [3.63, 3.8) is 0 Å². The van der Waals surface area contributed by atoms with Crippen molar-refractivity contribution in [1.29, 1.82) is 0 Å². The van der Waals surface area contributed by atoms with Gasteiger partial charge >= 0.3 is 0 Å². The molecule has 4 heteroatoms. The Labute approximate surface area is 116 Å². The zero-order valence-electron chi connectivity index (χ0n) is 11.9. The molecule has 0 aromatic carbocycles. The van der Waals surface area contributed by atoms with E-state index in [1.807, 2.05) is 4.90 Å². The molecule has 0 heterocycles. The number of thiocarbonyl (C=S) groups is 1. The molecule has 104 valence electrons. The Hall–Kier alpha value is -0.640. The van der Waals surface area contributed by atoms with Crippen molar-refractivity contribution < 1.29 is 4.79 Å². The highest BCUT2D eigenvalue weighted by atomic mass is 32.1. The summed E-state index contributed by atoms with van der Waals surface area (Å²) >= 11 is 4.95. The molecule has 0 aromatic heterocycles. The van der Waals surface area contributed by atoms with E-state index in [9.17, 15) is 4.79 Å². The van der Waals surface area contributed by atoms with Gasteiger partial charge in [0.2, 0.25) is 5.91 Å². The number of carbonyl (C=O) groups excluding carboxylic acids is 1. The van der Waals surface area contributed by atoms with Gasteiger partial charge in [-0.3, -0.25) is 4.79 Å². The first-order valence-corrected chi connectivity index (χ1v) is 7.36. The van der Waals surface area contributed by atoms with E-state index in [1.165, 1.54) is 6.42 Å². The van der Waals surface area contributed by atoms with Gasteiger partial charge in [-0.05, 0) is 24.7 Å². The zero-order chi connectivity index (χ0) is 13.8. The third-order valence-corrected chi connectivity index (χ3v) is 4.09. The standard InChI is InChI=1S/C14H26N2OS/c1-4-9-16(10-12(15)18)13(17)11-7-5-6-8-14(11,2)3/h11H,4-10H2,1-3H3,(H2,15,18). The first kappa shape index (κ1) is 15.4. The zero-order valence-corrected chi connectivity index (χ0v) is 12.7. The van der Waals surface area contributed by atoms with Gasteiger partial charge in [0, 0.05) is 12.5 Å². The number of nitrogens with zero attached hydrogens (tertiary/aromatic N) is 1. The molecule has 18 heavy (non-hydrogen) atoms. The van der Waals surface area contributed by atoms with Gasteiger partial charge in [-0.1, -0.05) is 45.8 Å². The fraction of sp³-hybridized carbons (Fsp3) is 0.857. The third-order valence-electron chi connectivity index (χ3n) is 3.96. The summed E-state index contributed by atoms with van der Waals surface area (Å²) < 4.78 is 0. The van der Waals surface area contributed by atoms with E-state index in [2.05, 4.69) is 20.8 Å². The van der Waals surface area contributed by atoms with E-state index >= 15 is 0 Å². The van der Waals surface area contributed by atoms with Gasteiger partial charge in [-0.2, -0.15) is 0 Å². The van der Waals surface area contributed by atoms with Crippen LogP contribution in [0.15, 0.2) is 0 Å². The van der Waals surface area contributed by atoms with Crippen LogP contribution in [0, 0.1) is 11.3 Å². The fourth-order valence-corrected chi connectivity index (χ4v) is 3.05. The molecule has 1 saturated carbocycles. The molecular weight excluding hydrogens is 244 g/mol. The van der Waals surface area contributed by atoms with Crippen LogP contribution in [-0.2, 0) is 4.79 Å². The molecule has 2 N–H and O–H groups in total. The van der Waals surface area contributed by atoms with Gasteiger partial charge < -0.3 is 10.6 Å². The van der Waals surface area contributed by atoms with Crippen molar-refractivity contribution in [3.8, 4) is 0 Å². The second-order valence-electron chi connectivity index (χ2n) is 6.01. The van der Waals surface area contributed by atoms with Crippen LogP contribution in [0.25, 0.3) is 0 Å². The summed E-state index contributed by atoms with van der Waals surface area (Å²) in [6, 6.07) is 0. The first-order chi connectivity index (χ1) is 8.38. The van der Waals surface area contributed by atoms with E-state index in [0.717, 1.165) is 32.2 Å². The fourth-order valence-electron chi connectivity index (χ4n) is 2.90. The van der Waals surface area contributed by atoms with Gasteiger partial charge in [-0.15, -0.1) is 0 Å². The Morgan fingerprint density at radius 2 is 2.11 bits per heavy atom. The summed E-state index contributed by atoms with van der Waals surface area (Å²) in [5.41, 5.74) is 5.70. The predicted octanol–water partition coefficient (Wildman–Crippen LogP) is 2.73. The van der Waals surface area contributed by atoms with E-state index in [0.29, 0.717) is 11.5 Å². The molecule has 0 bridgehead atoms. The number of carbonyl (C=O) groups is 1. The molecule has 1 aliphatic rings. The maximum atomic E-state index is 12.7. The highest BCUT2D eigenvalue weighted by Crippen LogP contribution is 2.41. The van der Waals surface area contributed by atoms with Crippen LogP contribution in [0.5, 0.6) is 0 Å². The van der Waals surface area contributed by atoms with Crippen molar-refractivity contribution in [3.05, 3.63) is 0 Å². The van der Waals surface area contributed by atoms with E-state index in [4.69, 9.17) is 18.0 Å². The Bertz CT molecular complexity index is 315. The summed E-state index contributed by atoms with van der Waals surface area (Å²) in [5, 5.41) is 0. The topological polar surface area (TPSA) is 46.3 Å². The molecule has 0 aromatic rings. The molecular formula is C14H26N2OS. The van der Waals surface area contributed by atoms with Gasteiger partial charge in [0.05, 0.1) is 11.5 Å². The summed E-state index contributed by atoms with van der Waals surface area (Å²) in [4.78, 5) is 14.9. The lowest BCUT2D eigenvalue weighted by atomic mass is 9.68. The minimum atomic E-state index is 0.109. The van der Waals surface area contributed by atoms with Crippen molar-refractivity contribution in [1.82, 2.24) is 4.90 Å². The smallest absolute Gasteiger partial charge is 0.226 e. The van der Waals surface area contributed by atoms with E-state index in [1.54, 1.807) is 0 Å². The Morgan fingerprint density at radius 3 is 2.61 bits per heavy atom. The van der Waals surface area contributed by atoms with Crippen molar-refractivity contribution in [2.24, 2.45) is 17.1 Å². The average Bonchev–Trinajstić information content (AvgIpc) is 2.26. The molecule has 0 saturated heterocycles. The molecule has 0 aliphatic heterocycles. The SMILES string of the molecule is CCCN(CC(N)=S)C(=O)C1CCCCC1(C)C. The normalized spacial score (nSPS) is 22.5. The molecule has 3 nitrogen and oxygen atoms in total. The highest BCUT2D eigenvalue weighted by molar-refractivity contribution is 7.80. The maximum Gasteiger partial charge on any atom is 0.226 e. The largest absolute Gasteiger partial charge is 0.392 e. The summed E-state index contributed by atoms with van der Waals surface area (Å²) in [6.07, 6.45) is 5.48. The van der Waals surface area contributed by atoms with Crippen LogP contribution in [0.1, 0.15) is 52.9 Å². The quantitative estimate of drug-likeness (QED) is 0.781. The van der Waals surface area contributed by atoms with Crippen molar-refractivity contribution >= 4 is 23.1 Å². The minimum absolute atomic E-state index is 0.109. The van der Waals surface area contributed by atoms with Crippen LogP contribution in [0.4, 0.5) is 0 Å². The lowest BCUT2D eigenvalue weighted by molar-refractivity contribution is -0.140. The maximum absolute atomic E-state index is 12.7. The van der Waals surface area contributed by atoms with Crippen LogP contribution in [0.3, 0.4) is 0 Å². The molecule has 1 fully saturated rings. The van der Waals surface area contributed by atoms with Crippen molar-refractivity contribution in [2.45, 2.75) is 52.9 Å². The minimum Gasteiger partial charge on any atom is -0.392 e. The molecule has 1 rings (SSSR count). The number of hydrogen-bond acceptors (Lipinski definition) is 2. The second-order valence-corrected chi connectivity index (χ2v) is 6.54. The monoisotopic (exact) mass is 270 g/mol. The molecule has 0 radical (unpaired) electrons. The molecule has 0 spiro atoms. The third kappa shape index (κ3) is 3.94. The van der Waals surface area contributed by atoms with Gasteiger partial charge in [0.25, 0.3) is 0 Å². The summed E-state index contributed by atoms with van der Waals surface area (Å²) in [6.45, 7) is 7.67. The molecule has 1 aliphatic carbocycles. The number of nitrogens with two attached hydrogens (primary N) is 1. The summed E-state index contributed by atoms with van der Waals surface area (Å²) in [7, 11) is 0. The highest BCUT2D eigenvalue weighted by Gasteiger charge is 2.38. The van der Waals surface area contributed by atoms with Crippen LogP contribution in [-0.4, -0.2) is 28.9 Å². The summed E-state index contributed by atoms with van der Waals surface area (Å²) in [5.74, 6) is 0.376. The molecule has 1 unspecified atom stereocenters. The van der Waals surface area contributed by atoms with Crippen LogP contribution in [0.2, 0.25) is 0 Å². The van der Waals surface area contributed by atoms with Crippen molar-refractivity contribution in [2.75, 3.05) is 13.1 Å². The van der Waals surface area contributed by atoms with Crippen LogP contribution >= 0.6 is 12.2 Å². The molecule has 1 atom stereocenters. The lowest BCUT2D eigenvalue weighted by Gasteiger charge is -2.40. The Morgan fingerprint density at radius 1 is 1.44 bits per heavy atom. The number of hydrogen-bond donors (Lipinski definition) is 1. The van der Waals surface area contributed by atoms with E-state index < -0.39 is 0 Å². The lowest BCUT2D eigenvalue weighted by Crippen LogP contribution is -2.46. The Balaban J connectivity index is 2.77. The van der Waals surface area contributed by atoms with Gasteiger partial charge in [0.1, 0.15) is 0 Å². The van der Waals surface area contributed by atoms with E-state index in [-0.39, 0.29) is 17.2 Å². The number of amides is 1. The first-order valence-electron chi connectivity index (χ1n) is 6.95. The Kier molecular flexibility index (Phi) is 5.57. The van der Waals surface area contributed by atoms with Crippen LogP contribution < -0.4 is 5.73 Å². The second kappa shape index (κ2) is 6.50. The van der Waals surface area contributed by atoms with Gasteiger partial charge in [0.15, 0.2) is 0 Å². The molecule has 1 amide bonds. The number of rotatable bonds is 5.